The second-order valence-corrected chi connectivity index (χ2v) is 5.82. The van der Waals surface area contributed by atoms with Gasteiger partial charge in [0.1, 0.15) is 5.82 Å². The molecule has 0 spiro atoms. The molecule has 0 aliphatic carbocycles. The monoisotopic (exact) mass is 329 g/mol. The van der Waals surface area contributed by atoms with E-state index in [0.29, 0.717) is 19.7 Å². The lowest BCUT2D eigenvalue weighted by molar-refractivity contribution is -0.122. The Bertz CT molecular complexity index is 685. The molecule has 7 nitrogen and oxygen atoms in total. The maximum atomic E-state index is 11.8. The van der Waals surface area contributed by atoms with Crippen LogP contribution in [0.5, 0.6) is 0 Å². The number of carbonyl (C=O) groups excluding carboxylic acids is 1. The number of hydrogen-bond donors (Lipinski definition) is 1. The van der Waals surface area contributed by atoms with E-state index in [2.05, 4.69) is 25.1 Å². The molecule has 0 radical (unpaired) electrons. The summed E-state index contributed by atoms with van der Waals surface area (Å²) in [7, 11) is 1.63. The van der Waals surface area contributed by atoms with E-state index >= 15 is 0 Å². The van der Waals surface area contributed by atoms with E-state index in [1.807, 2.05) is 30.5 Å². The molecule has 0 saturated carbocycles. The molecule has 2 aromatic rings. The summed E-state index contributed by atoms with van der Waals surface area (Å²) in [5.74, 6) is 0.948. The smallest absolute Gasteiger partial charge is 0.234 e. The van der Waals surface area contributed by atoms with Gasteiger partial charge in [0, 0.05) is 39.8 Å². The van der Waals surface area contributed by atoms with Crippen LogP contribution in [0.3, 0.4) is 0 Å². The number of ether oxygens (including phenoxy) is 1. The highest BCUT2D eigenvalue weighted by Gasteiger charge is 2.20. The highest BCUT2D eigenvalue weighted by atomic mass is 16.5. The Balaban J connectivity index is 1.51. The van der Waals surface area contributed by atoms with Crippen LogP contribution < -0.4 is 10.2 Å². The third-order valence-corrected chi connectivity index (χ3v) is 4.13. The van der Waals surface area contributed by atoms with Crippen molar-refractivity contribution < 1.29 is 9.53 Å². The Kier molecular flexibility index (Phi) is 5.55. The number of benzene rings is 1. The minimum absolute atomic E-state index is 0.0472. The van der Waals surface area contributed by atoms with Gasteiger partial charge in [0.15, 0.2) is 0 Å². The first-order chi connectivity index (χ1) is 11.8. The van der Waals surface area contributed by atoms with E-state index in [1.165, 1.54) is 0 Å². The fraction of sp³-hybridized carbons (Fsp3) is 0.471. The Hall–Kier alpha value is -2.25. The molecule has 0 atom stereocenters. The van der Waals surface area contributed by atoms with Gasteiger partial charge in [-0.05, 0) is 12.1 Å². The van der Waals surface area contributed by atoms with Gasteiger partial charge in [0.25, 0.3) is 0 Å². The maximum Gasteiger partial charge on any atom is 0.234 e. The SMILES string of the molecule is COCCNC(=O)CN1CCN(c2cnc3ccccc3n2)CC1. The minimum Gasteiger partial charge on any atom is -0.383 e. The van der Waals surface area contributed by atoms with Crippen molar-refractivity contribution in [2.24, 2.45) is 0 Å². The van der Waals surface area contributed by atoms with Crippen LogP contribution in [-0.2, 0) is 9.53 Å². The van der Waals surface area contributed by atoms with Crippen molar-refractivity contribution >= 4 is 22.8 Å². The minimum atomic E-state index is 0.0472. The Morgan fingerprint density at radius 2 is 1.96 bits per heavy atom. The summed E-state index contributed by atoms with van der Waals surface area (Å²) in [5, 5.41) is 2.85. The number of aromatic nitrogens is 2. The highest BCUT2D eigenvalue weighted by molar-refractivity contribution is 5.78. The number of fused-ring (bicyclic) bond motifs is 1. The fourth-order valence-corrected chi connectivity index (χ4v) is 2.79. The second kappa shape index (κ2) is 8.03. The van der Waals surface area contributed by atoms with Crippen molar-refractivity contribution in [3.05, 3.63) is 30.5 Å². The molecule has 128 valence electrons. The van der Waals surface area contributed by atoms with Crippen molar-refractivity contribution in [3.8, 4) is 0 Å². The summed E-state index contributed by atoms with van der Waals surface area (Å²) in [4.78, 5) is 25.4. The molecule has 1 aliphatic rings. The zero-order chi connectivity index (χ0) is 16.8. The molecule has 2 heterocycles. The Labute approximate surface area is 141 Å². The zero-order valence-electron chi connectivity index (χ0n) is 13.9. The van der Waals surface area contributed by atoms with Crippen LogP contribution in [0, 0.1) is 0 Å². The van der Waals surface area contributed by atoms with Crippen molar-refractivity contribution in [1.82, 2.24) is 20.2 Å². The third kappa shape index (κ3) is 4.18. The van der Waals surface area contributed by atoms with Crippen molar-refractivity contribution in [2.45, 2.75) is 0 Å². The summed E-state index contributed by atoms with van der Waals surface area (Å²) in [6, 6.07) is 7.88. The first-order valence-electron chi connectivity index (χ1n) is 8.21. The predicted octanol–water partition coefficient (Wildman–Crippen LogP) is 0.514. The van der Waals surface area contributed by atoms with Gasteiger partial charge in [0.05, 0.1) is 30.4 Å². The molecular weight excluding hydrogens is 306 g/mol. The summed E-state index contributed by atoms with van der Waals surface area (Å²) < 4.78 is 4.93. The first kappa shape index (κ1) is 16.6. The molecule has 7 heteroatoms. The molecular formula is C17H23N5O2. The molecule has 1 aromatic carbocycles. The van der Waals surface area contributed by atoms with Gasteiger partial charge in [-0.25, -0.2) is 4.98 Å². The molecule has 1 aliphatic heterocycles. The van der Waals surface area contributed by atoms with Crippen LogP contribution in [0.1, 0.15) is 0 Å². The van der Waals surface area contributed by atoms with Gasteiger partial charge in [-0.3, -0.25) is 14.7 Å². The summed E-state index contributed by atoms with van der Waals surface area (Å²) in [6.45, 7) is 4.90. The quantitative estimate of drug-likeness (QED) is 0.779. The summed E-state index contributed by atoms with van der Waals surface area (Å²) in [6.07, 6.45) is 1.83. The van der Waals surface area contributed by atoms with Gasteiger partial charge >= 0.3 is 0 Å². The lowest BCUT2D eigenvalue weighted by atomic mass is 10.3. The highest BCUT2D eigenvalue weighted by Crippen LogP contribution is 2.16. The number of piperazine rings is 1. The van der Waals surface area contributed by atoms with E-state index in [4.69, 9.17) is 4.74 Å². The Morgan fingerprint density at radius 3 is 2.71 bits per heavy atom. The topological polar surface area (TPSA) is 70.6 Å². The van der Waals surface area contributed by atoms with E-state index in [-0.39, 0.29) is 5.91 Å². The lowest BCUT2D eigenvalue weighted by Crippen LogP contribution is -2.50. The summed E-state index contributed by atoms with van der Waals surface area (Å²) >= 11 is 0. The van der Waals surface area contributed by atoms with Gasteiger partial charge in [-0.2, -0.15) is 0 Å². The van der Waals surface area contributed by atoms with Crippen LogP contribution in [0.15, 0.2) is 30.5 Å². The summed E-state index contributed by atoms with van der Waals surface area (Å²) in [5.41, 5.74) is 1.82. The van der Waals surface area contributed by atoms with Gasteiger partial charge < -0.3 is 15.0 Å². The predicted molar refractivity (Wildman–Crippen MR) is 93.1 cm³/mol. The maximum absolute atomic E-state index is 11.8. The number of amides is 1. The number of rotatable bonds is 6. The van der Waals surface area contributed by atoms with Crippen LogP contribution >= 0.6 is 0 Å². The van der Waals surface area contributed by atoms with E-state index in [0.717, 1.165) is 43.0 Å². The third-order valence-electron chi connectivity index (χ3n) is 4.13. The molecule has 1 amide bonds. The largest absolute Gasteiger partial charge is 0.383 e. The number of carbonyl (C=O) groups is 1. The molecule has 3 rings (SSSR count). The average molecular weight is 329 g/mol. The first-order valence-corrected chi connectivity index (χ1v) is 8.21. The molecule has 0 unspecified atom stereocenters. The lowest BCUT2D eigenvalue weighted by Gasteiger charge is -2.34. The molecule has 1 N–H and O–H groups in total. The van der Waals surface area contributed by atoms with Gasteiger partial charge in [-0.1, -0.05) is 12.1 Å². The average Bonchev–Trinajstić information content (AvgIpc) is 2.62. The Morgan fingerprint density at radius 1 is 1.21 bits per heavy atom. The normalized spacial score (nSPS) is 15.6. The van der Waals surface area contributed by atoms with Crippen LogP contribution in [0.25, 0.3) is 11.0 Å². The van der Waals surface area contributed by atoms with Crippen LogP contribution in [0.2, 0.25) is 0 Å². The number of methoxy groups -OCH3 is 1. The van der Waals surface area contributed by atoms with Crippen LogP contribution in [0.4, 0.5) is 5.82 Å². The zero-order valence-corrected chi connectivity index (χ0v) is 13.9. The number of hydrogen-bond acceptors (Lipinski definition) is 6. The van der Waals surface area contributed by atoms with Gasteiger partial charge in [0.2, 0.25) is 5.91 Å². The standard InChI is InChI=1S/C17H23N5O2/c1-24-11-6-18-17(23)13-21-7-9-22(10-8-21)16-12-19-14-4-2-3-5-15(14)20-16/h2-5,12H,6-11,13H2,1H3,(H,18,23). The van der Waals surface area contributed by atoms with E-state index < -0.39 is 0 Å². The molecule has 24 heavy (non-hydrogen) atoms. The molecule has 1 aromatic heterocycles. The second-order valence-electron chi connectivity index (χ2n) is 5.82. The van der Waals surface area contributed by atoms with Crippen molar-refractivity contribution in [1.29, 1.82) is 0 Å². The fourth-order valence-electron chi connectivity index (χ4n) is 2.79. The van der Waals surface area contributed by atoms with Crippen LogP contribution in [-0.4, -0.2) is 73.8 Å². The molecule has 0 bridgehead atoms. The van der Waals surface area contributed by atoms with E-state index in [1.54, 1.807) is 7.11 Å². The molecule has 1 saturated heterocycles. The number of para-hydroxylation sites is 2. The number of nitrogens with one attached hydrogen (secondary N) is 1. The molecule has 1 fully saturated rings. The number of nitrogens with zero attached hydrogens (tertiary/aromatic N) is 4. The van der Waals surface area contributed by atoms with Crippen molar-refractivity contribution in [3.63, 3.8) is 0 Å². The van der Waals surface area contributed by atoms with Gasteiger partial charge in [-0.15, -0.1) is 0 Å². The number of anilines is 1. The van der Waals surface area contributed by atoms with Crippen molar-refractivity contribution in [2.75, 3.05) is 57.9 Å². The van der Waals surface area contributed by atoms with E-state index in [9.17, 15) is 4.79 Å².